The summed E-state index contributed by atoms with van der Waals surface area (Å²) in [6.45, 7) is 6.11. The molecule has 2 unspecified atom stereocenters. The van der Waals surface area contributed by atoms with Crippen molar-refractivity contribution in [2.75, 3.05) is 13.1 Å². The van der Waals surface area contributed by atoms with Crippen molar-refractivity contribution >= 4 is 28.0 Å². The zero-order valence-corrected chi connectivity index (χ0v) is 14.1. The van der Waals surface area contributed by atoms with Crippen LogP contribution < -0.4 is 0 Å². The van der Waals surface area contributed by atoms with E-state index in [0.29, 0.717) is 17.4 Å². The molecule has 2 atom stereocenters. The summed E-state index contributed by atoms with van der Waals surface area (Å²) in [6.07, 6.45) is 1.19. The van der Waals surface area contributed by atoms with Crippen LogP contribution in [-0.4, -0.2) is 33.9 Å². The number of benzene rings is 2. The Morgan fingerprint density at radius 3 is 2.17 bits per heavy atom. The molecule has 1 saturated heterocycles. The molecule has 24 heavy (non-hydrogen) atoms. The van der Waals surface area contributed by atoms with Crippen molar-refractivity contribution in [2.45, 2.75) is 20.3 Å². The predicted molar refractivity (Wildman–Crippen MR) is 95.9 cm³/mol. The number of carbonyl (C=O) groups is 1. The van der Waals surface area contributed by atoms with Crippen LogP contribution in [0.5, 0.6) is 0 Å². The number of nitrogens with zero attached hydrogens (tertiary/aromatic N) is 3. The molecule has 1 fully saturated rings. The molecule has 3 aromatic rings. The van der Waals surface area contributed by atoms with Gasteiger partial charge in [-0.25, -0.2) is 9.97 Å². The summed E-state index contributed by atoms with van der Waals surface area (Å²) in [6, 6.07) is 13.5. The minimum atomic E-state index is 0.102. The molecule has 0 saturated carbocycles. The highest BCUT2D eigenvalue weighted by atomic mass is 16.2. The standard InChI is InChI=1S/C20H21N3O/c1-13-9-14(2)12-23(11-13)20(24)15-7-8-18-19(10-15)22-17-6-4-3-5-16(17)21-18/h3-8,10,13-14H,9,11-12H2,1-2H3. The summed E-state index contributed by atoms with van der Waals surface area (Å²) < 4.78 is 0. The molecule has 0 spiro atoms. The van der Waals surface area contributed by atoms with Crippen LogP contribution in [0.25, 0.3) is 22.1 Å². The van der Waals surface area contributed by atoms with E-state index in [1.54, 1.807) is 0 Å². The van der Waals surface area contributed by atoms with Crippen molar-refractivity contribution in [3.63, 3.8) is 0 Å². The SMILES string of the molecule is CC1CC(C)CN(C(=O)c2ccc3nc4ccccc4nc3c2)C1. The van der Waals surface area contributed by atoms with Gasteiger partial charge in [0.25, 0.3) is 5.91 Å². The number of fused-ring (bicyclic) bond motifs is 2. The third-order valence-corrected chi connectivity index (χ3v) is 4.74. The van der Waals surface area contributed by atoms with Crippen molar-refractivity contribution in [2.24, 2.45) is 11.8 Å². The molecule has 0 radical (unpaired) electrons. The third-order valence-electron chi connectivity index (χ3n) is 4.74. The Morgan fingerprint density at radius 1 is 0.917 bits per heavy atom. The molecular weight excluding hydrogens is 298 g/mol. The molecule has 1 aliphatic heterocycles. The fraction of sp³-hybridized carbons (Fsp3) is 0.350. The summed E-state index contributed by atoms with van der Waals surface area (Å²) in [4.78, 5) is 24.1. The molecule has 1 amide bonds. The van der Waals surface area contributed by atoms with Crippen molar-refractivity contribution in [3.05, 3.63) is 48.0 Å². The van der Waals surface area contributed by atoms with Gasteiger partial charge in [0, 0.05) is 18.7 Å². The summed E-state index contributed by atoms with van der Waals surface area (Å²) in [5.74, 6) is 1.22. The Bertz CT molecular complexity index is 911. The molecule has 2 aromatic carbocycles. The van der Waals surface area contributed by atoms with Crippen molar-refractivity contribution in [1.82, 2.24) is 14.9 Å². The minimum Gasteiger partial charge on any atom is -0.338 e. The van der Waals surface area contributed by atoms with E-state index in [-0.39, 0.29) is 5.91 Å². The topological polar surface area (TPSA) is 46.1 Å². The largest absolute Gasteiger partial charge is 0.338 e. The Kier molecular flexibility index (Phi) is 3.68. The number of rotatable bonds is 1. The maximum absolute atomic E-state index is 12.9. The lowest BCUT2D eigenvalue weighted by molar-refractivity contribution is 0.0623. The Morgan fingerprint density at radius 2 is 1.50 bits per heavy atom. The number of amides is 1. The molecule has 4 nitrogen and oxygen atoms in total. The second-order valence-corrected chi connectivity index (χ2v) is 7.07. The molecule has 122 valence electrons. The Labute approximate surface area is 141 Å². The van der Waals surface area contributed by atoms with Crippen LogP contribution in [0.1, 0.15) is 30.6 Å². The molecule has 1 aromatic heterocycles. The number of hydrogen-bond acceptors (Lipinski definition) is 3. The van der Waals surface area contributed by atoms with Gasteiger partial charge in [-0.1, -0.05) is 26.0 Å². The zero-order chi connectivity index (χ0) is 16.7. The van der Waals surface area contributed by atoms with Gasteiger partial charge in [-0.05, 0) is 48.6 Å². The fourth-order valence-electron chi connectivity index (χ4n) is 3.76. The molecule has 4 rings (SSSR count). The number of likely N-dealkylation sites (tertiary alicyclic amines) is 1. The van der Waals surface area contributed by atoms with Crippen LogP contribution in [0.4, 0.5) is 0 Å². The Hall–Kier alpha value is -2.49. The van der Waals surface area contributed by atoms with Gasteiger partial charge >= 0.3 is 0 Å². The van der Waals surface area contributed by atoms with Gasteiger partial charge in [0.1, 0.15) is 0 Å². The second kappa shape index (κ2) is 5.86. The molecule has 0 N–H and O–H groups in total. The first-order valence-corrected chi connectivity index (χ1v) is 8.56. The molecule has 2 heterocycles. The maximum Gasteiger partial charge on any atom is 0.253 e. The summed E-state index contributed by atoms with van der Waals surface area (Å²) in [5.41, 5.74) is 4.04. The highest BCUT2D eigenvalue weighted by Crippen LogP contribution is 2.24. The normalized spacial score (nSPS) is 21.3. The molecule has 0 bridgehead atoms. The van der Waals surface area contributed by atoms with Gasteiger partial charge in [-0.15, -0.1) is 0 Å². The lowest BCUT2D eigenvalue weighted by Crippen LogP contribution is -2.42. The molecular formula is C20H21N3O. The number of aromatic nitrogens is 2. The van der Waals surface area contributed by atoms with Crippen molar-refractivity contribution < 1.29 is 4.79 Å². The van der Waals surface area contributed by atoms with E-state index in [9.17, 15) is 4.79 Å². The monoisotopic (exact) mass is 319 g/mol. The highest BCUT2D eigenvalue weighted by Gasteiger charge is 2.26. The first kappa shape index (κ1) is 15.1. The predicted octanol–water partition coefficient (Wildman–Crippen LogP) is 3.90. The van der Waals surface area contributed by atoms with Gasteiger partial charge in [0.15, 0.2) is 0 Å². The second-order valence-electron chi connectivity index (χ2n) is 7.07. The summed E-state index contributed by atoms with van der Waals surface area (Å²) in [7, 11) is 0. The number of para-hydroxylation sites is 2. The average Bonchev–Trinajstić information content (AvgIpc) is 2.58. The average molecular weight is 319 g/mol. The summed E-state index contributed by atoms with van der Waals surface area (Å²) >= 11 is 0. The smallest absolute Gasteiger partial charge is 0.253 e. The highest BCUT2D eigenvalue weighted by molar-refractivity contribution is 5.98. The van der Waals surface area contributed by atoms with E-state index < -0.39 is 0 Å². The lowest BCUT2D eigenvalue weighted by atomic mass is 9.91. The van der Waals surface area contributed by atoms with E-state index in [1.807, 2.05) is 47.4 Å². The van der Waals surface area contributed by atoms with E-state index in [0.717, 1.165) is 35.2 Å². The van der Waals surface area contributed by atoms with Crippen LogP contribution in [0.2, 0.25) is 0 Å². The lowest BCUT2D eigenvalue weighted by Gasteiger charge is -2.35. The molecule has 0 aliphatic carbocycles. The number of hydrogen-bond donors (Lipinski definition) is 0. The summed E-state index contributed by atoms with van der Waals surface area (Å²) in [5, 5.41) is 0. The Balaban J connectivity index is 1.71. The fourth-order valence-corrected chi connectivity index (χ4v) is 3.76. The first-order valence-electron chi connectivity index (χ1n) is 8.56. The molecule has 4 heteroatoms. The quantitative estimate of drug-likeness (QED) is 0.639. The minimum absolute atomic E-state index is 0.102. The van der Waals surface area contributed by atoms with Crippen LogP contribution in [0.15, 0.2) is 42.5 Å². The van der Waals surface area contributed by atoms with Crippen LogP contribution in [0, 0.1) is 11.8 Å². The van der Waals surface area contributed by atoms with E-state index in [1.165, 1.54) is 6.42 Å². The van der Waals surface area contributed by atoms with E-state index in [4.69, 9.17) is 0 Å². The number of piperidine rings is 1. The first-order chi connectivity index (χ1) is 11.6. The van der Waals surface area contributed by atoms with Crippen LogP contribution >= 0.6 is 0 Å². The third kappa shape index (κ3) is 2.73. The van der Waals surface area contributed by atoms with Crippen molar-refractivity contribution in [1.29, 1.82) is 0 Å². The molecule has 1 aliphatic rings. The van der Waals surface area contributed by atoms with Gasteiger partial charge < -0.3 is 4.90 Å². The van der Waals surface area contributed by atoms with E-state index in [2.05, 4.69) is 23.8 Å². The van der Waals surface area contributed by atoms with Crippen molar-refractivity contribution in [3.8, 4) is 0 Å². The van der Waals surface area contributed by atoms with Gasteiger partial charge in [-0.2, -0.15) is 0 Å². The number of carbonyl (C=O) groups excluding carboxylic acids is 1. The van der Waals surface area contributed by atoms with E-state index >= 15 is 0 Å². The van der Waals surface area contributed by atoms with Gasteiger partial charge in [-0.3, -0.25) is 4.79 Å². The van der Waals surface area contributed by atoms with Gasteiger partial charge in [0.05, 0.1) is 22.1 Å². The van der Waals surface area contributed by atoms with Crippen LogP contribution in [-0.2, 0) is 0 Å². The van der Waals surface area contributed by atoms with Crippen LogP contribution in [0.3, 0.4) is 0 Å². The van der Waals surface area contributed by atoms with Gasteiger partial charge in [0.2, 0.25) is 0 Å². The zero-order valence-electron chi connectivity index (χ0n) is 14.1. The maximum atomic E-state index is 12.9.